The van der Waals surface area contributed by atoms with Crippen molar-refractivity contribution in [2.45, 2.75) is 6.92 Å². The van der Waals surface area contributed by atoms with E-state index < -0.39 is 0 Å². The maximum Gasteiger partial charge on any atom is 0.151 e. The number of hydrogen-bond acceptors (Lipinski definition) is 2. The Morgan fingerprint density at radius 1 is 1.50 bits per heavy atom. The minimum atomic E-state index is 0.653. The Labute approximate surface area is 89.8 Å². The molecule has 0 aliphatic heterocycles. The molecule has 0 aliphatic carbocycles. The number of rotatable bonds is 1. The van der Waals surface area contributed by atoms with Crippen molar-refractivity contribution in [1.29, 1.82) is 0 Å². The third kappa shape index (κ3) is 1.18. The van der Waals surface area contributed by atoms with E-state index in [0.717, 1.165) is 27.4 Å². The van der Waals surface area contributed by atoms with Crippen LogP contribution in [-0.2, 0) is 7.05 Å². The Bertz CT molecular complexity index is 516. The quantitative estimate of drug-likeness (QED) is 0.731. The van der Waals surface area contributed by atoms with Gasteiger partial charge in [-0.25, -0.2) is 0 Å². The fourth-order valence-corrected chi connectivity index (χ4v) is 2.30. The lowest BCUT2D eigenvalue weighted by atomic mass is 10.1. The maximum atomic E-state index is 10.7. The molecule has 2 aromatic rings. The lowest BCUT2D eigenvalue weighted by molar-refractivity contribution is 0.112. The van der Waals surface area contributed by atoms with Gasteiger partial charge in [-0.1, -0.05) is 6.07 Å². The molecule has 0 spiro atoms. The van der Waals surface area contributed by atoms with Crippen molar-refractivity contribution in [2.24, 2.45) is 7.05 Å². The number of fused-ring (bicyclic) bond motifs is 1. The zero-order valence-electron chi connectivity index (χ0n) is 7.91. The highest BCUT2D eigenvalue weighted by Crippen LogP contribution is 2.28. The van der Waals surface area contributed by atoms with Crippen LogP contribution in [0.4, 0.5) is 0 Å². The monoisotopic (exact) mass is 252 g/mol. The number of aryl methyl sites for hydroxylation is 2. The van der Waals surface area contributed by atoms with E-state index in [1.165, 1.54) is 0 Å². The van der Waals surface area contributed by atoms with Crippen molar-refractivity contribution in [3.63, 3.8) is 0 Å². The van der Waals surface area contributed by atoms with Crippen LogP contribution in [0.3, 0.4) is 0 Å². The molecule has 0 radical (unpaired) electrons. The van der Waals surface area contributed by atoms with Gasteiger partial charge in [-0.15, -0.1) is 0 Å². The largest absolute Gasteiger partial charge is 0.298 e. The fourth-order valence-electron chi connectivity index (χ4n) is 1.61. The van der Waals surface area contributed by atoms with Crippen LogP contribution in [0.15, 0.2) is 16.6 Å². The molecule has 2 rings (SSSR count). The highest BCUT2D eigenvalue weighted by atomic mass is 79.9. The van der Waals surface area contributed by atoms with Crippen LogP contribution in [0.1, 0.15) is 16.1 Å². The normalized spacial score (nSPS) is 10.8. The number of benzene rings is 1. The number of carbonyl (C=O) groups is 1. The van der Waals surface area contributed by atoms with Crippen LogP contribution in [0.2, 0.25) is 0 Å². The van der Waals surface area contributed by atoms with Crippen molar-refractivity contribution in [3.8, 4) is 0 Å². The number of aromatic nitrogens is 2. The third-order valence-electron chi connectivity index (χ3n) is 2.29. The molecule has 14 heavy (non-hydrogen) atoms. The van der Waals surface area contributed by atoms with E-state index in [-0.39, 0.29) is 0 Å². The van der Waals surface area contributed by atoms with E-state index in [1.807, 2.05) is 20.0 Å². The molecule has 3 nitrogen and oxygen atoms in total. The summed E-state index contributed by atoms with van der Waals surface area (Å²) < 4.78 is 2.59. The van der Waals surface area contributed by atoms with E-state index in [2.05, 4.69) is 21.0 Å². The van der Waals surface area contributed by atoms with Gasteiger partial charge >= 0.3 is 0 Å². The molecule has 72 valence electrons. The van der Waals surface area contributed by atoms with E-state index in [4.69, 9.17) is 0 Å². The first kappa shape index (κ1) is 9.40. The fraction of sp³-hybridized carbons (Fsp3) is 0.200. The Morgan fingerprint density at radius 2 is 2.21 bits per heavy atom. The molecule has 4 heteroatoms. The van der Waals surface area contributed by atoms with Gasteiger partial charge in [0.05, 0.1) is 15.7 Å². The molecule has 1 aromatic heterocycles. The summed E-state index contributed by atoms with van der Waals surface area (Å²) in [6.45, 7) is 1.95. The van der Waals surface area contributed by atoms with Gasteiger partial charge in [0.15, 0.2) is 6.29 Å². The minimum Gasteiger partial charge on any atom is -0.298 e. The molecule has 1 heterocycles. The molecule has 0 unspecified atom stereocenters. The number of carbonyl (C=O) groups excluding carboxylic acids is 1. The second-order valence-electron chi connectivity index (χ2n) is 3.19. The number of hydrogen-bond donors (Lipinski definition) is 0. The lowest BCUT2D eigenvalue weighted by Crippen LogP contribution is -1.92. The summed E-state index contributed by atoms with van der Waals surface area (Å²) in [5.74, 6) is 0. The van der Waals surface area contributed by atoms with Crippen LogP contribution in [0, 0.1) is 6.92 Å². The predicted octanol–water partition coefficient (Wildman–Crippen LogP) is 2.46. The molecule has 0 amide bonds. The molecular formula is C10H9BrN2O. The Morgan fingerprint density at radius 3 is 2.86 bits per heavy atom. The molecule has 0 saturated carbocycles. The second-order valence-corrected chi connectivity index (χ2v) is 3.98. The molecule has 1 aromatic carbocycles. The van der Waals surface area contributed by atoms with Crippen molar-refractivity contribution in [2.75, 3.05) is 0 Å². The van der Waals surface area contributed by atoms with Gasteiger partial charge in [0, 0.05) is 18.0 Å². The first-order valence-electron chi connectivity index (χ1n) is 4.22. The molecule has 0 atom stereocenters. The molecular weight excluding hydrogens is 244 g/mol. The van der Waals surface area contributed by atoms with E-state index >= 15 is 0 Å². The second kappa shape index (κ2) is 3.20. The predicted molar refractivity (Wildman–Crippen MR) is 58.5 cm³/mol. The van der Waals surface area contributed by atoms with Crippen LogP contribution in [0.5, 0.6) is 0 Å². The van der Waals surface area contributed by atoms with Crippen molar-refractivity contribution in [1.82, 2.24) is 9.78 Å². The van der Waals surface area contributed by atoms with Gasteiger partial charge in [-0.3, -0.25) is 9.48 Å². The molecule has 0 N–H and O–H groups in total. The summed E-state index contributed by atoms with van der Waals surface area (Å²) in [6, 6.07) is 3.72. The SMILES string of the molecule is Cc1nn(C)c2c(Br)c(C=O)ccc12. The summed E-state index contributed by atoms with van der Waals surface area (Å²) >= 11 is 3.41. The lowest BCUT2D eigenvalue weighted by Gasteiger charge is -2.00. The Kier molecular flexibility index (Phi) is 2.15. The molecule has 0 saturated heterocycles. The van der Waals surface area contributed by atoms with Gasteiger partial charge in [-0.05, 0) is 28.9 Å². The van der Waals surface area contributed by atoms with Crippen molar-refractivity contribution in [3.05, 3.63) is 27.9 Å². The van der Waals surface area contributed by atoms with E-state index in [1.54, 1.807) is 10.7 Å². The van der Waals surface area contributed by atoms with Gasteiger partial charge in [0.1, 0.15) is 0 Å². The van der Waals surface area contributed by atoms with Crippen molar-refractivity contribution < 1.29 is 4.79 Å². The summed E-state index contributed by atoms with van der Waals surface area (Å²) in [5, 5.41) is 5.37. The zero-order valence-corrected chi connectivity index (χ0v) is 9.50. The average Bonchev–Trinajstić information content (AvgIpc) is 2.44. The minimum absolute atomic E-state index is 0.653. The van der Waals surface area contributed by atoms with Gasteiger partial charge in [0.25, 0.3) is 0 Å². The van der Waals surface area contributed by atoms with Crippen LogP contribution >= 0.6 is 15.9 Å². The smallest absolute Gasteiger partial charge is 0.151 e. The molecule has 0 bridgehead atoms. The van der Waals surface area contributed by atoms with Gasteiger partial charge < -0.3 is 0 Å². The first-order chi connectivity index (χ1) is 6.65. The standard InChI is InChI=1S/C10H9BrN2O/c1-6-8-4-3-7(5-14)9(11)10(8)13(2)12-6/h3-5H,1-2H3. The summed E-state index contributed by atoms with van der Waals surface area (Å²) in [6.07, 6.45) is 0.839. The highest BCUT2D eigenvalue weighted by molar-refractivity contribution is 9.10. The maximum absolute atomic E-state index is 10.7. The third-order valence-corrected chi connectivity index (χ3v) is 3.12. The van der Waals surface area contributed by atoms with E-state index in [0.29, 0.717) is 5.56 Å². The van der Waals surface area contributed by atoms with Crippen LogP contribution in [-0.4, -0.2) is 16.1 Å². The summed E-state index contributed by atoms with van der Waals surface area (Å²) in [4.78, 5) is 10.7. The summed E-state index contributed by atoms with van der Waals surface area (Å²) in [5.41, 5.74) is 2.59. The highest BCUT2D eigenvalue weighted by Gasteiger charge is 2.10. The number of nitrogens with zero attached hydrogens (tertiary/aromatic N) is 2. The first-order valence-corrected chi connectivity index (χ1v) is 5.01. The zero-order chi connectivity index (χ0) is 10.3. The van der Waals surface area contributed by atoms with Gasteiger partial charge in [0.2, 0.25) is 0 Å². The number of halogens is 1. The molecule has 0 fully saturated rings. The Hall–Kier alpha value is -1.16. The summed E-state index contributed by atoms with van der Waals surface area (Å²) in [7, 11) is 1.87. The van der Waals surface area contributed by atoms with Crippen molar-refractivity contribution >= 4 is 33.1 Å². The Balaban J connectivity index is 2.94. The van der Waals surface area contributed by atoms with E-state index in [9.17, 15) is 4.79 Å². The van der Waals surface area contributed by atoms with Gasteiger partial charge in [-0.2, -0.15) is 5.10 Å². The molecule has 0 aliphatic rings. The van der Waals surface area contributed by atoms with Crippen LogP contribution in [0.25, 0.3) is 10.9 Å². The topological polar surface area (TPSA) is 34.9 Å². The van der Waals surface area contributed by atoms with Crippen LogP contribution < -0.4 is 0 Å². The number of aldehydes is 1. The average molecular weight is 253 g/mol.